The maximum Gasteiger partial charge on any atom is 0.160 e. The van der Waals surface area contributed by atoms with Gasteiger partial charge in [-0.1, -0.05) is 43.0 Å². The molecule has 3 atom stereocenters. The van der Waals surface area contributed by atoms with Crippen LogP contribution in [0.15, 0.2) is 53.5 Å². The van der Waals surface area contributed by atoms with Gasteiger partial charge in [-0.15, -0.1) is 0 Å². The highest BCUT2D eigenvalue weighted by atomic mass is 32.2. The van der Waals surface area contributed by atoms with Crippen LogP contribution in [0.2, 0.25) is 0 Å². The number of amidine groups is 1. The van der Waals surface area contributed by atoms with Gasteiger partial charge in [0.15, 0.2) is 5.17 Å². The molecule has 25 heavy (non-hydrogen) atoms. The van der Waals surface area contributed by atoms with E-state index >= 15 is 0 Å². The van der Waals surface area contributed by atoms with Crippen molar-refractivity contribution in [3.8, 4) is 11.5 Å². The molecule has 2 aliphatic heterocycles. The molecule has 1 saturated heterocycles. The van der Waals surface area contributed by atoms with Gasteiger partial charge in [-0.25, -0.2) is 0 Å². The van der Waals surface area contributed by atoms with E-state index < -0.39 is 0 Å². The average molecular weight is 354 g/mol. The van der Waals surface area contributed by atoms with E-state index in [2.05, 4.69) is 36.1 Å². The first-order chi connectivity index (χ1) is 12.2. The summed E-state index contributed by atoms with van der Waals surface area (Å²) >= 11 is 1.87. The lowest BCUT2D eigenvalue weighted by atomic mass is 9.93. The summed E-state index contributed by atoms with van der Waals surface area (Å²) in [6.07, 6.45) is 0. The minimum atomic E-state index is 0.106. The highest BCUT2D eigenvalue weighted by molar-refractivity contribution is 8.14. The molecule has 4 nitrogen and oxygen atoms in total. The van der Waals surface area contributed by atoms with Gasteiger partial charge in [0.1, 0.15) is 17.5 Å². The number of rotatable bonds is 4. The molecule has 0 aromatic heterocycles. The molecule has 0 N–H and O–H groups in total. The molecule has 0 aliphatic carbocycles. The quantitative estimate of drug-likeness (QED) is 0.820. The Balaban J connectivity index is 1.71. The zero-order chi connectivity index (χ0) is 17.4. The molecular formula is C20H22N2O2S. The summed E-state index contributed by atoms with van der Waals surface area (Å²) in [7, 11) is 3.39. The maximum atomic E-state index is 5.31. The third-order valence-electron chi connectivity index (χ3n) is 4.81. The van der Waals surface area contributed by atoms with Gasteiger partial charge in [-0.2, -0.15) is 0 Å². The topological polar surface area (TPSA) is 34.1 Å². The van der Waals surface area contributed by atoms with Crippen LogP contribution < -0.4 is 9.47 Å². The maximum absolute atomic E-state index is 5.31. The van der Waals surface area contributed by atoms with E-state index in [9.17, 15) is 0 Å². The number of nitrogens with zero attached hydrogens (tertiary/aromatic N) is 2. The number of hydrogen-bond donors (Lipinski definition) is 0. The standard InChI is InChI=1S/C20H22N2O2S/c1-13-12-22-19(15-6-10-17(24-3)11-7-15)18(21-20(22)25-13)14-4-8-16(23-2)9-5-14/h4-11,13,18-19H,12H2,1-3H3. The van der Waals surface area contributed by atoms with E-state index in [0.717, 1.165) is 23.2 Å². The Morgan fingerprint density at radius 2 is 1.48 bits per heavy atom. The Morgan fingerprint density at radius 3 is 2.04 bits per heavy atom. The number of benzene rings is 2. The molecule has 1 fully saturated rings. The van der Waals surface area contributed by atoms with Gasteiger partial charge >= 0.3 is 0 Å². The molecule has 0 saturated carbocycles. The molecule has 0 spiro atoms. The second kappa shape index (κ2) is 6.64. The van der Waals surface area contributed by atoms with Crippen LogP contribution in [0.5, 0.6) is 11.5 Å². The van der Waals surface area contributed by atoms with E-state index in [-0.39, 0.29) is 12.1 Å². The Bertz CT molecular complexity index is 773. The summed E-state index contributed by atoms with van der Waals surface area (Å²) in [5, 5.41) is 1.74. The first-order valence-corrected chi connectivity index (χ1v) is 9.36. The van der Waals surface area contributed by atoms with Crippen LogP contribution in [0.3, 0.4) is 0 Å². The summed E-state index contributed by atoms with van der Waals surface area (Å²) < 4.78 is 10.6. The fourth-order valence-corrected chi connectivity index (χ4v) is 4.65. The van der Waals surface area contributed by atoms with Gasteiger partial charge in [0.2, 0.25) is 0 Å². The number of methoxy groups -OCH3 is 2. The summed E-state index contributed by atoms with van der Waals surface area (Å²) in [6, 6.07) is 17.0. The highest BCUT2D eigenvalue weighted by Crippen LogP contribution is 2.48. The molecule has 0 amide bonds. The van der Waals surface area contributed by atoms with Gasteiger partial charge in [0.05, 0.1) is 20.3 Å². The smallest absolute Gasteiger partial charge is 0.160 e. The Labute approximate surface area is 152 Å². The van der Waals surface area contributed by atoms with Crippen molar-refractivity contribution in [2.75, 3.05) is 20.8 Å². The van der Waals surface area contributed by atoms with Gasteiger partial charge < -0.3 is 14.4 Å². The summed E-state index contributed by atoms with van der Waals surface area (Å²) in [5.74, 6) is 1.76. The second-order valence-electron chi connectivity index (χ2n) is 6.43. The fourth-order valence-electron chi connectivity index (χ4n) is 3.56. The zero-order valence-corrected chi connectivity index (χ0v) is 15.5. The monoisotopic (exact) mass is 354 g/mol. The lowest BCUT2D eigenvalue weighted by Crippen LogP contribution is -2.28. The fraction of sp³-hybridized carbons (Fsp3) is 0.350. The normalized spacial score (nSPS) is 24.8. The molecule has 2 heterocycles. The third-order valence-corrected chi connectivity index (χ3v) is 5.91. The zero-order valence-electron chi connectivity index (χ0n) is 14.7. The Kier molecular flexibility index (Phi) is 4.34. The van der Waals surface area contributed by atoms with Gasteiger partial charge in [-0.05, 0) is 35.4 Å². The highest BCUT2D eigenvalue weighted by Gasteiger charge is 2.42. The van der Waals surface area contributed by atoms with E-state index in [0.29, 0.717) is 5.25 Å². The molecule has 3 unspecified atom stereocenters. The lowest BCUT2D eigenvalue weighted by Gasteiger charge is -2.28. The Hall–Kier alpha value is -2.14. The van der Waals surface area contributed by atoms with Crippen molar-refractivity contribution in [2.45, 2.75) is 24.3 Å². The molecule has 4 rings (SSSR count). The molecule has 2 aromatic carbocycles. The molecule has 0 radical (unpaired) electrons. The number of thioether (sulfide) groups is 1. The predicted molar refractivity (Wildman–Crippen MR) is 103 cm³/mol. The van der Waals surface area contributed by atoms with Crippen LogP contribution in [0, 0.1) is 0 Å². The molecule has 130 valence electrons. The SMILES string of the molecule is COc1ccc(C2N=C3SC(C)CN3C2c2ccc(OC)cc2)cc1. The van der Waals surface area contributed by atoms with E-state index in [1.165, 1.54) is 11.1 Å². The molecule has 0 bridgehead atoms. The van der Waals surface area contributed by atoms with Crippen molar-refractivity contribution in [2.24, 2.45) is 4.99 Å². The second-order valence-corrected chi connectivity index (χ2v) is 7.83. The van der Waals surface area contributed by atoms with Crippen LogP contribution in [0.25, 0.3) is 0 Å². The van der Waals surface area contributed by atoms with Crippen LogP contribution in [0.1, 0.15) is 30.1 Å². The van der Waals surface area contributed by atoms with Crippen molar-refractivity contribution in [3.63, 3.8) is 0 Å². The summed E-state index contributed by atoms with van der Waals surface area (Å²) in [6.45, 7) is 3.30. The average Bonchev–Trinajstić information content (AvgIpc) is 3.17. The van der Waals surface area contributed by atoms with E-state index in [4.69, 9.17) is 14.5 Å². The first kappa shape index (κ1) is 16.3. The minimum absolute atomic E-state index is 0.106. The van der Waals surface area contributed by atoms with Crippen LogP contribution in [-0.4, -0.2) is 36.1 Å². The van der Waals surface area contributed by atoms with Crippen molar-refractivity contribution in [3.05, 3.63) is 59.7 Å². The van der Waals surface area contributed by atoms with E-state index in [1.807, 2.05) is 36.0 Å². The van der Waals surface area contributed by atoms with Crippen LogP contribution >= 0.6 is 11.8 Å². The van der Waals surface area contributed by atoms with Gasteiger partial charge in [0.25, 0.3) is 0 Å². The van der Waals surface area contributed by atoms with Gasteiger partial charge in [0, 0.05) is 11.8 Å². The predicted octanol–water partition coefficient (Wildman–Crippen LogP) is 4.29. The lowest BCUT2D eigenvalue weighted by molar-refractivity contribution is 0.323. The number of fused-ring (bicyclic) bond motifs is 1. The molecule has 2 aliphatic rings. The van der Waals surface area contributed by atoms with Crippen molar-refractivity contribution < 1.29 is 9.47 Å². The van der Waals surface area contributed by atoms with Crippen LogP contribution in [0.4, 0.5) is 0 Å². The number of hydrogen-bond acceptors (Lipinski definition) is 5. The molecular weight excluding hydrogens is 332 g/mol. The van der Waals surface area contributed by atoms with Gasteiger partial charge in [-0.3, -0.25) is 4.99 Å². The van der Waals surface area contributed by atoms with Crippen molar-refractivity contribution in [1.29, 1.82) is 0 Å². The van der Waals surface area contributed by atoms with Crippen molar-refractivity contribution in [1.82, 2.24) is 4.90 Å². The summed E-state index contributed by atoms with van der Waals surface area (Å²) in [4.78, 5) is 7.51. The first-order valence-electron chi connectivity index (χ1n) is 8.48. The molecule has 5 heteroatoms. The Morgan fingerprint density at radius 1 is 0.920 bits per heavy atom. The van der Waals surface area contributed by atoms with Crippen LogP contribution in [-0.2, 0) is 0 Å². The largest absolute Gasteiger partial charge is 0.497 e. The van der Waals surface area contributed by atoms with Crippen molar-refractivity contribution >= 4 is 16.9 Å². The number of ether oxygens (including phenoxy) is 2. The minimum Gasteiger partial charge on any atom is -0.497 e. The molecule has 2 aromatic rings. The third kappa shape index (κ3) is 2.97. The summed E-state index contributed by atoms with van der Waals surface area (Å²) in [5.41, 5.74) is 2.49. The van der Waals surface area contributed by atoms with E-state index in [1.54, 1.807) is 14.2 Å². The number of aliphatic imine (C=N–C) groups is 1.